The number of hydrogen-bond acceptors (Lipinski definition) is 5. The van der Waals surface area contributed by atoms with E-state index in [1.807, 2.05) is 13.8 Å². The van der Waals surface area contributed by atoms with Crippen LogP contribution < -0.4 is 19.5 Å². The van der Waals surface area contributed by atoms with E-state index < -0.39 is 10.0 Å². The molecule has 7 nitrogen and oxygen atoms in total. The molecule has 0 bridgehead atoms. The predicted octanol–water partition coefficient (Wildman–Crippen LogP) is 3.27. The van der Waals surface area contributed by atoms with Crippen LogP contribution in [0.3, 0.4) is 0 Å². The van der Waals surface area contributed by atoms with Gasteiger partial charge in [-0.25, -0.2) is 13.1 Å². The fourth-order valence-corrected chi connectivity index (χ4v) is 4.06. The van der Waals surface area contributed by atoms with Crippen molar-refractivity contribution in [3.63, 3.8) is 0 Å². The fraction of sp³-hybridized carbons (Fsp3) is 0.381. The number of sulfonamides is 1. The minimum absolute atomic E-state index is 0.122. The van der Waals surface area contributed by atoms with Crippen LogP contribution in [0.1, 0.15) is 49.2 Å². The first kappa shape index (κ1) is 22.7. The summed E-state index contributed by atoms with van der Waals surface area (Å²) in [5, 5.41) is 2.90. The largest absolute Gasteiger partial charge is 0.497 e. The van der Waals surface area contributed by atoms with Crippen LogP contribution in [-0.4, -0.2) is 34.6 Å². The third kappa shape index (κ3) is 5.71. The molecule has 1 amide bonds. The number of benzene rings is 2. The number of carbonyl (C=O) groups is 1. The Morgan fingerprint density at radius 2 is 1.69 bits per heavy atom. The smallest absolute Gasteiger partial charge is 0.251 e. The lowest BCUT2D eigenvalue weighted by Gasteiger charge is -2.18. The predicted molar refractivity (Wildman–Crippen MR) is 112 cm³/mol. The van der Waals surface area contributed by atoms with E-state index in [-0.39, 0.29) is 22.9 Å². The Balaban J connectivity index is 2.15. The Bertz CT molecular complexity index is 942. The minimum Gasteiger partial charge on any atom is -0.497 e. The van der Waals surface area contributed by atoms with Crippen molar-refractivity contribution in [3.05, 3.63) is 53.6 Å². The second kappa shape index (κ2) is 9.76. The first-order valence-electron chi connectivity index (χ1n) is 9.37. The molecule has 158 valence electrons. The number of carbonyl (C=O) groups excluding carboxylic acids is 1. The Morgan fingerprint density at radius 3 is 2.24 bits per heavy atom. The lowest BCUT2D eigenvalue weighted by molar-refractivity contribution is 0.0939. The molecule has 0 heterocycles. The SMILES string of the molecule is CC[C@H](C)NS(=O)(=O)c1ccc(C(=O)N[C@H](C)c2cc(OC)ccc2OC)cc1. The number of ether oxygens (including phenoxy) is 2. The zero-order chi connectivity index (χ0) is 21.6. The highest BCUT2D eigenvalue weighted by Gasteiger charge is 2.19. The molecular weight excluding hydrogens is 392 g/mol. The molecule has 8 heteroatoms. The molecule has 2 N–H and O–H groups in total. The van der Waals surface area contributed by atoms with Gasteiger partial charge >= 0.3 is 0 Å². The van der Waals surface area contributed by atoms with Crippen molar-refractivity contribution < 1.29 is 22.7 Å². The van der Waals surface area contributed by atoms with Gasteiger partial charge in [0.25, 0.3) is 5.91 Å². The van der Waals surface area contributed by atoms with E-state index in [4.69, 9.17) is 9.47 Å². The normalized spacial score (nSPS) is 13.4. The quantitative estimate of drug-likeness (QED) is 0.649. The summed E-state index contributed by atoms with van der Waals surface area (Å²) in [6.07, 6.45) is 0.686. The molecule has 0 fully saturated rings. The number of hydrogen-bond donors (Lipinski definition) is 2. The van der Waals surface area contributed by atoms with Crippen molar-refractivity contribution in [1.82, 2.24) is 10.0 Å². The van der Waals surface area contributed by atoms with Crippen LogP contribution in [0.2, 0.25) is 0 Å². The van der Waals surface area contributed by atoms with Crippen molar-refractivity contribution in [1.29, 1.82) is 0 Å². The van der Waals surface area contributed by atoms with E-state index in [2.05, 4.69) is 10.0 Å². The number of nitrogens with one attached hydrogen (secondary N) is 2. The van der Waals surface area contributed by atoms with Crippen molar-refractivity contribution in [3.8, 4) is 11.5 Å². The first-order valence-corrected chi connectivity index (χ1v) is 10.8. The van der Waals surface area contributed by atoms with Crippen LogP contribution in [0, 0.1) is 0 Å². The van der Waals surface area contributed by atoms with E-state index in [0.29, 0.717) is 23.5 Å². The van der Waals surface area contributed by atoms with Crippen LogP contribution in [0.15, 0.2) is 47.4 Å². The maximum Gasteiger partial charge on any atom is 0.251 e. The summed E-state index contributed by atoms with van der Waals surface area (Å²) in [7, 11) is -0.477. The van der Waals surface area contributed by atoms with Crippen LogP contribution in [-0.2, 0) is 10.0 Å². The van der Waals surface area contributed by atoms with E-state index >= 15 is 0 Å². The maximum absolute atomic E-state index is 12.6. The third-order valence-corrected chi connectivity index (χ3v) is 6.25. The Labute approximate surface area is 172 Å². The molecule has 0 saturated carbocycles. The van der Waals surface area contributed by atoms with Gasteiger partial charge in [0.1, 0.15) is 11.5 Å². The zero-order valence-electron chi connectivity index (χ0n) is 17.4. The molecule has 2 aromatic rings. The summed E-state index contributed by atoms with van der Waals surface area (Å²) in [5.74, 6) is 0.975. The van der Waals surface area contributed by atoms with Gasteiger partial charge in [-0.1, -0.05) is 6.92 Å². The zero-order valence-corrected chi connectivity index (χ0v) is 18.2. The topological polar surface area (TPSA) is 93.7 Å². The summed E-state index contributed by atoms with van der Waals surface area (Å²) in [4.78, 5) is 12.7. The lowest BCUT2D eigenvalue weighted by atomic mass is 10.1. The molecule has 0 radical (unpaired) electrons. The summed E-state index contributed by atoms with van der Waals surface area (Å²) in [6, 6.07) is 10.7. The second-order valence-corrected chi connectivity index (χ2v) is 8.47. The summed E-state index contributed by atoms with van der Waals surface area (Å²) in [6.45, 7) is 5.54. The van der Waals surface area contributed by atoms with Gasteiger partial charge in [-0.3, -0.25) is 4.79 Å². The molecule has 0 spiro atoms. The highest BCUT2D eigenvalue weighted by molar-refractivity contribution is 7.89. The standard InChI is InChI=1S/C21H28N2O5S/c1-6-14(2)23-29(25,26)18-10-7-16(8-11-18)21(24)22-15(3)19-13-17(27-4)9-12-20(19)28-5/h7-15,23H,6H2,1-5H3,(H,22,24)/t14-,15+/m0/s1. The van der Waals surface area contributed by atoms with Gasteiger partial charge in [0, 0.05) is 17.2 Å². The van der Waals surface area contributed by atoms with Crippen LogP contribution in [0.5, 0.6) is 11.5 Å². The van der Waals surface area contributed by atoms with Gasteiger partial charge in [0.2, 0.25) is 10.0 Å². The lowest BCUT2D eigenvalue weighted by Crippen LogP contribution is -2.32. The van der Waals surface area contributed by atoms with E-state index in [1.54, 1.807) is 39.3 Å². The van der Waals surface area contributed by atoms with Crippen molar-refractivity contribution in [2.75, 3.05) is 14.2 Å². The fourth-order valence-electron chi connectivity index (χ4n) is 2.74. The van der Waals surface area contributed by atoms with Gasteiger partial charge < -0.3 is 14.8 Å². The first-order chi connectivity index (χ1) is 13.7. The molecule has 2 atom stereocenters. The average molecular weight is 421 g/mol. The van der Waals surface area contributed by atoms with Gasteiger partial charge in [0.15, 0.2) is 0 Å². The van der Waals surface area contributed by atoms with Crippen molar-refractivity contribution >= 4 is 15.9 Å². The van der Waals surface area contributed by atoms with E-state index in [1.165, 1.54) is 24.3 Å². The second-order valence-electron chi connectivity index (χ2n) is 6.76. The molecule has 0 aliphatic heterocycles. The molecular formula is C21H28N2O5S. The van der Waals surface area contributed by atoms with Gasteiger partial charge in [-0.05, 0) is 62.7 Å². The van der Waals surface area contributed by atoms with Gasteiger partial charge in [-0.2, -0.15) is 0 Å². The monoisotopic (exact) mass is 420 g/mol. The maximum atomic E-state index is 12.6. The molecule has 0 aliphatic carbocycles. The van der Waals surface area contributed by atoms with Crippen LogP contribution in [0.4, 0.5) is 0 Å². The molecule has 0 aliphatic rings. The summed E-state index contributed by atoms with van der Waals surface area (Å²) >= 11 is 0. The molecule has 2 aromatic carbocycles. The highest BCUT2D eigenvalue weighted by Crippen LogP contribution is 2.29. The Morgan fingerprint density at radius 1 is 1.03 bits per heavy atom. The highest BCUT2D eigenvalue weighted by atomic mass is 32.2. The van der Waals surface area contributed by atoms with Crippen molar-refractivity contribution in [2.24, 2.45) is 0 Å². The molecule has 0 aromatic heterocycles. The van der Waals surface area contributed by atoms with Crippen LogP contribution in [0.25, 0.3) is 0 Å². The Hall–Kier alpha value is -2.58. The van der Waals surface area contributed by atoms with Crippen molar-refractivity contribution in [2.45, 2.75) is 44.2 Å². The summed E-state index contributed by atoms with van der Waals surface area (Å²) in [5.41, 5.74) is 1.14. The molecule has 0 unspecified atom stereocenters. The number of amides is 1. The number of methoxy groups -OCH3 is 2. The van der Waals surface area contributed by atoms with Crippen LogP contribution >= 0.6 is 0 Å². The van der Waals surface area contributed by atoms with Gasteiger partial charge in [0.05, 0.1) is 25.2 Å². The summed E-state index contributed by atoms with van der Waals surface area (Å²) < 4.78 is 37.9. The molecule has 2 rings (SSSR count). The van der Waals surface area contributed by atoms with E-state index in [0.717, 1.165) is 5.56 Å². The van der Waals surface area contributed by atoms with Gasteiger partial charge in [-0.15, -0.1) is 0 Å². The molecule has 29 heavy (non-hydrogen) atoms. The third-order valence-electron chi connectivity index (χ3n) is 4.65. The van der Waals surface area contributed by atoms with E-state index in [9.17, 15) is 13.2 Å². The molecule has 0 saturated heterocycles. The number of rotatable bonds is 9. The Kier molecular flexibility index (Phi) is 7.64. The average Bonchev–Trinajstić information content (AvgIpc) is 2.72. The minimum atomic E-state index is -3.61.